The lowest BCUT2D eigenvalue weighted by Crippen LogP contribution is -2.43. The Morgan fingerprint density at radius 2 is 2.06 bits per heavy atom. The fourth-order valence-electron chi connectivity index (χ4n) is 1.04. The van der Waals surface area contributed by atoms with Gasteiger partial charge in [-0.3, -0.25) is 9.79 Å². The zero-order valence-corrected chi connectivity index (χ0v) is 11.0. The second kappa shape index (κ2) is 7.96. The molecule has 0 aromatic heterocycles. The van der Waals surface area contributed by atoms with E-state index in [9.17, 15) is 4.79 Å². The van der Waals surface area contributed by atoms with Gasteiger partial charge in [0.25, 0.3) is 0 Å². The number of nitrogens with one attached hydrogen (secondary N) is 2. The van der Waals surface area contributed by atoms with Gasteiger partial charge >= 0.3 is 0 Å². The maximum atomic E-state index is 11.3. The molecule has 5 nitrogen and oxygen atoms in total. The molecule has 0 aliphatic heterocycles. The van der Waals surface area contributed by atoms with E-state index in [1.54, 1.807) is 26.0 Å². The molecule has 0 saturated carbocycles. The van der Waals surface area contributed by atoms with Crippen LogP contribution in [0.2, 0.25) is 0 Å². The molecule has 1 unspecified atom stereocenters. The standard InChI is InChI=1S/C11H24N4O/c1-6-9(2)14-11(12-3)13-8-7-10(16)15(4)5/h9H,6-8H2,1-5H3,(H2,12,13,14). The summed E-state index contributed by atoms with van der Waals surface area (Å²) in [6.07, 6.45) is 1.52. The summed E-state index contributed by atoms with van der Waals surface area (Å²) < 4.78 is 0. The van der Waals surface area contributed by atoms with E-state index in [2.05, 4.69) is 29.5 Å². The molecule has 0 heterocycles. The Bertz CT molecular complexity index is 238. The van der Waals surface area contributed by atoms with E-state index in [0.717, 1.165) is 12.4 Å². The molecule has 0 bridgehead atoms. The smallest absolute Gasteiger partial charge is 0.223 e. The number of guanidine groups is 1. The Morgan fingerprint density at radius 1 is 1.44 bits per heavy atom. The minimum absolute atomic E-state index is 0.117. The lowest BCUT2D eigenvalue weighted by atomic mass is 10.3. The average molecular weight is 228 g/mol. The van der Waals surface area contributed by atoms with Gasteiger partial charge in [0.2, 0.25) is 5.91 Å². The monoisotopic (exact) mass is 228 g/mol. The predicted octanol–water partition coefficient (Wildman–Crippen LogP) is 0.428. The van der Waals surface area contributed by atoms with E-state index in [1.165, 1.54) is 0 Å². The SMILES string of the molecule is CCC(C)NC(=NC)NCCC(=O)N(C)C. The third kappa shape index (κ3) is 6.27. The van der Waals surface area contributed by atoms with Gasteiger partial charge in [-0.1, -0.05) is 6.92 Å². The van der Waals surface area contributed by atoms with Gasteiger partial charge in [0, 0.05) is 40.2 Å². The fraction of sp³-hybridized carbons (Fsp3) is 0.818. The van der Waals surface area contributed by atoms with Crippen LogP contribution < -0.4 is 10.6 Å². The van der Waals surface area contributed by atoms with Gasteiger partial charge in [-0.25, -0.2) is 0 Å². The number of carbonyl (C=O) groups excluding carboxylic acids is 1. The van der Waals surface area contributed by atoms with Crippen LogP contribution >= 0.6 is 0 Å². The molecule has 0 spiro atoms. The molecule has 0 aliphatic rings. The highest BCUT2D eigenvalue weighted by Crippen LogP contribution is 1.88. The first-order chi connectivity index (χ1) is 7.51. The van der Waals surface area contributed by atoms with Crippen LogP contribution in [-0.4, -0.2) is 50.5 Å². The first kappa shape index (κ1) is 14.7. The van der Waals surface area contributed by atoms with Crippen molar-refractivity contribution in [3.05, 3.63) is 0 Å². The number of aliphatic imine (C=N–C) groups is 1. The number of amides is 1. The highest BCUT2D eigenvalue weighted by Gasteiger charge is 2.05. The Balaban J connectivity index is 3.85. The van der Waals surface area contributed by atoms with Crippen molar-refractivity contribution in [1.82, 2.24) is 15.5 Å². The van der Waals surface area contributed by atoms with Crippen molar-refractivity contribution in [3.63, 3.8) is 0 Å². The number of hydrogen-bond donors (Lipinski definition) is 2. The van der Waals surface area contributed by atoms with Gasteiger partial charge in [-0.2, -0.15) is 0 Å². The van der Waals surface area contributed by atoms with E-state index in [4.69, 9.17) is 0 Å². The quantitative estimate of drug-likeness (QED) is 0.530. The molecular formula is C11H24N4O. The number of nitrogens with zero attached hydrogens (tertiary/aromatic N) is 2. The van der Waals surface area contributed by atoms with Crippen LogP contribution in [0.1, 0.15) is 26.7 Å². The van der Waals surface area contributed by atoms with Crippen LogP contribution in [0.5, 0.6) is 0 Å². The van der Waals surface area contributed by atoms with Gasteiger partial charge in [0.15, 0.2) is 5.96 Å². The van der Waals surface area contributed by atoms with Crippen molar-refractivity contribution in [2.45, 2.75) is 32.7 Å². The lowest BCUT2D eigenvalue weighted by molar-refractivity contribution is -0.128. The van der Waals surface area contributed by atoms with Crippen molar-refractivity contribution < 1.29 is 4.79 Å². The van der Waals surface area contributed by atoms with Gasteiger partial charge in [0.05, 0.1) is 0 Å². The van der Waals surface area contributed by atoms with Gasteiger partial charge in [0.1, 0.15) is 0 Å². The van der Waals surface area contributed by atoms with E-state index in [-0.39, 0.29) is 5.91 Å². The van der Waals surface area contributed by atoms with Crippen LogP contribution in [0, 0.1) is 0 Å². The third-order valence-electron chi connectivity index (χ3n) is 2.35. The van der Waals surface area contributed by atoms with Crippen LogP contribution in [0.15, 0.2) is 4.99 Å². The molecular weight excluding hydrogens is 204 g/mol. The highest BCUT2D eigenvalue weighted by molar-refractivity contribution is 5.81. The molecule has 0 aromatic rings. The maximum absolute atomic E-state index is 11.3. The largest absolute Gasteiger partial charge is 0.356 e. The highest BCUT2D eigenvalue weighted by atomic mass is 16.2. The number of carbonyl (C=O) groups is 1. The first-order valence-corrected chi connectivity index (χ1v) is 5.68. The van der Waals surface area contributed by atoms with Crippen molar-refractivity contribution in [1.29, 1.82) is 0 Å². The van der Waals surface area contributed by atoms with Crippen molar-refractivity contribution in [2.24, 2.45) is 4.99 Å². The topological polar surface area (TPSA) is 56.7 Å². The second-order valence-corrected chi connectivity index (χ2v) is 3.99. The summed E-state index contributed by atoms with van der Waals surface area (Å²) in [6.45, 7) is 4.81. The Morgan fingerprint density at radius 3 is 2.50 bits per heavy atom. The van der Waals surface area contributed by atoms with Crippen LogP contribution in [0.3, 0.4) is 0 Å². The number of hydrogen-bond acceptors (Lipinski definition) is 2. The van der Waals surface area contributed by atoms with Crippen LogP contribution in [0.25, 0.3) is 0 Å². The molecule has 2 N–H and O–H groups in total. The molecule has 1 amide bonds. The zero-order valence-electron chi connectivity index (χ0n) is 11.0. The van der Waals surface area contributed by atoms with Gasteiger partial charge in [-0.15, -0.1) is 0 Å². The Labute approximate surface area is 98.3 Å². The molecule has 16 heavy (non-hydrogen) atoms. The summed E-state index contributed by atoms with van der Waals surface area (Å²) in [6, 6.07) is 0.385. The van der Waals surface area contributed by atoms with E-state index in [1.807, 2.05) is 0 Å². The molecule has 1 atom stereocenters. The summed E-state index contributed by atoms with van der Waals surface area (Å²) in [7, 11) is 5.24. The van der Waals surface area contributed by atoms with Gasteiger partial charge in [-0.05, 0) is 13.3 Å². The molecule has 0 aromatic carbocycles. The molecule has 0 radical (unpaired) electrons. The minimum atomic E-state index is 0.117. The number of rotatable bonds is 5. The summed E-state index contributed by atoms with van der Waals surface area (Å²) in [5.41, 5.74) is 0. The van der Waals surface area contributed by atoms with Crippen LogP contribution in [-0.2, 0) is 4.79 Å². The Kier molecular flexibility index (Phi) is 7.33. The second-order valence-electron chi connectivity index (χ2n) is 3.99. The van der Waals surface area contributed by atoms with Crippen molar-refractivity contribution in [2.75, 3.05) is 27.7 Å². The average Bonchev–Trinajstić information content (AvgIpc) is 2.26. The summed E-state index contributed by atoms with van der Waals surface area (Å²) >= 11 is 0. The summed E-state index contributed by atoms with van der Waals surface area (Å²) in [5, 5.41) is 6.35. The van der Waals surface area contributed by atoms with E-state index < -0.39 is 0 Å². The Hall–Kier alpha value is -1.26. The van der Waals surface area contributed by atoms with E-state index >= 15 is 0 Å². The lowest BCUT2D eigenvalue weighted by Gasteiger charge is -2.17. The van der Waals surface area contributed by atoms with Crippen molar-refractivity contribution in [3.8, 4) is 0 Å². The molecule has 94 valence electrons. The molecule has 0 rings (SSSR count). The molecule has 0 saturated heterocycles. The van der Waals surface area contributed by atoms with Crippen LogP contribution in [0.4, 0.5) is 0 Å². The predicted molar refractivity (Wildman–Crippen MR) is 67.6 cm³/mol. The fourth-order valence-corrected chi connectivity index (χ4v) is 1.04. The maximum Gasteiger partial charge on any atom is 0.223 e. The normalized spacial score (nSPS) is 13.2. The first-order valence-electron chi connectivity index (χ1n) is 5.68. The minimum Gasteiger partial charge on any atom is -0.356 e. The molecule has 0 aliphatic carbocycles. The summed E-state index contributed by atoms with van der Waals surface area (Å²) in [5.74, 6) is 0.868. The van der Waals surface area contributed by atoms with E-state index in [0.29, 0.717) is 19.0 Å². The third-order valence-corrected chi connectivity index (χ3v) is 2.35. The van der Waals surface area contributed by atoms with Crippen molar-refractivity contribution >= 4 is 11.9 Å². The zero-order chi connectivity index (χ0) is 12.6. The molecule has 0 fully saturated rings. The van der Waals surface area contributed by atoms with Gasteiger partial charge < -0.3 is 15.5 Å². The molecule has 5 heteroatoms. The summed E-state index contributed by atoms with van der Waals surface area (Å²) in [4.78, 5) is 17.0.